The first-order chi connectivity index (χ1) is 19.2. The van der Waals surface area contributed by atoms with Gasteiger partial charge in [-0.3, -0.25) is 0 Å². The summed E-state index contributed by atoms with van der Waals surface area (Å²) >= 11 is 0. The van der Waals surface area contributed by atoms with Gasteiger partial charge in [0.15, 0.2) is 0 Å². The van der Waals surface area contributed by atoms with Crippen molar-refractivity contribution in [1.29, 1.82) is 0 Å². The Labute approximate surface area is 238 Å². The Morgan fingerprint density at radius 2 is 1.28 bits per heavy atom. The third-order valence-corrected chi connectivity index (χ3v) is 7.85. The molecule has 0 N–H and O–H groups in total. The number of hydrogen-bond acceptors (Lipinski definition) is 8. The molecule has 2 aliphatic rings. The molecular formula is C31H56O8. The average molecular weight is 557 g/mol. The van der Waals surface area contributed by atoms with Crippen molar-refractivity contribution in [2.45, 2.75) is 146 Å². The summed E-state index contributed by atoms with van der Waals surface area (Å²) in [5.74, 6) is 2.72. The van der Waals surface area contributed by atoms with Gasteiger partial charge in [-0.25, -0.2) is 0 Å². The van der Waals surface area contributed by atoms with Gasteiger partial charge < -0.3 is 37.9 Å². The van der Waals surface area contributed by atoms with E-state index in [1.165, 1.54) is 44.9 Å². The summed E-state index contributed by atoms with van der Waals surface area (Å²) in [6.07, 6.45) is 21.5. The maximum absolute atomic E-state index is 6.70. The first kappa shape index (κ1) is 34.4. The number of ether oxygens (including phenoxy) is 8. The molecule has 2 rings (SSSR count). The van der Waals surface area contributed by atoms with Crippen LogP contribution < -0.4 is 0 Å². The Balaban J connectivity index is 1.93. The Hall–Kier alpha value is -0.760. The van der Waals surface area contributed by atoms with Gasteiger partial charge in [0.2, 0.25) is 0 Å². The van der Waals surface area contributed by atoms with Crippen LogP contribution >= 0.6 is 0 Å². The Morgan fingerprint density at radius 1 is 0.718 bits per heavy atom. The largest absolute Gasteiger partial charge is 0.370 e. The van der Waals surface area contributed by atoms with E-state index >= 15 is 0 Å². The molecule has 8 nitrogen and oxygen atoms in total. The third kappa shape index (κ3) is 13.6. The van der Waals surface area contributed by atoms with Gasteiger partial charge in [0.05, 0.1) is 36.6 Å². The van der Waals surface area contributed by atoms with Crippen molar-refractivity contribution in [1.82, 2.24) is 0 Å². The summed E-state index contributed by atoms with van der Waals surface area (Å²) in [7, 11) is 4.94. The first-order valence-corrected chi connectivity index (χ1v) is 15.2. The molecule has 2 aliphatic heterocycles. The van der Waals surface area contributed by atoms with Crippen molar-refractivity contribution >= 4 is 0 Å². The maximum atomic E-state index is 6.70. The SMILES string of the molecule is C#C[C@@H]1CC[C@@H]([C@H](CC[C@H](OCOC)[C@@H]2CCC(OCOC)[C@H](CCCCCCCCCC)O2)OCOC)O1. The Kier molecular flexibility index (Phi) is 19.4. The molecule has 8 heteroatoms. The molecule has 0 aromatic rings. The minimum Gasteiger partial charge on any atom is -0.370 e. The van der Waals surface area contributed by atoms with Crippen LogP contribution in [0.5, 0.6) is 0 Å². The lowest BCUT2D eigenvalue weighted by atomic mass is 9.92. The van der Waals surface area contributed by atoms with E-state index < -0.39 is 0 Å². The van der Waals surface area contributed by atoms with Crippen molar-refractivity contribution in [3.8, 4) is 12.3 Å². The molecule has 2 heterocycles. The molecule has 2 fully saturated rings. The summed E-state index contributed by atoms with van der Waals surface area (Å²) in [4.78, 5) is 0. The van der Waals surface area contributed by atoms with E-state index in [1.54, 1.807) is 21.3 Å². The van der Waals surface area contributed by atoms with Crippen LogP contribution in [0.25, 0.3) is 0 Å². The first-order valence-electron chi connectivity index (χ1n) is 15.2. The van der Waals surface area contributed by atoms with Crippen molar-refractivity contribution in [2.24, 2.45) is 0 Å². The number of hydrogen-bond donors (Lipinski definition) is 0. The molecule has 0 aromatic carbocycles. The topological polar surface area (TPSA) is 73.8 Å². The van der Waals surface area contributed by atoms with E-state index in [-0.39, 0.29) is 63.1 Å². The molecule has 0 saturated carbocycles. The average Bonchev–Trinajstić information content (AvgIpc) is 3.44. The zero-order chi connectivity index (χ0) is 28.1. The number of terminal acetylenes is 1. The summed E-state index contributed by atoms with van der Waals surface area (Å²) in [5, 5.41) is 0. The summed E-state index contributed by atoms with van der Waals surface area (Å²) in [5.41, 5.74) is 0. The van der Waals surface area contributed by atoms with Crippen LogP contribution in [0.2, 0.25) is 0 Å². The molecule has 7 atom stereocenters. The molecular weight excluding hydrogens is 500 g/mol. The second-order valence-electron chi connectivity index (χ2n) is 10.9. The summed E-state index contributed by atoms with van der Waals surface area (Å²) in [6.45, 7) is 2.99. The zero-order valence-electron chi connectivity index (χ0n) is 25.1. The molecule has 0 amide bonds. The molecule has 228 valence electrons. The fraction of sp³-hybridized carbons (Fsp3) is 0.935. The van der Waals surface area contributed by atoms with Crippen LogP contribution in [0, 0.1) is 12.3 Å². The van der Waals surface area contributed by atoms with Crippen molar-refractivity contribution in [2.75, 3.05) is 41.7 Å². The molecule has 0 aromatic heterocycles. The molecule has 0 spiro atoms. The number of unbranched alkanes of at least 4 members (excludes halogenated alkanes) is 7. The van der Waals surface area contributed by atoms with Gasteiger partial charge in [-0.2, -0.15) is 0 Å². The minimum atomic E-state index is -0.146. The predicted octanol–water partition coefficient (Wildman–Crippen LogP) is 5.99. The van der Waals surface area contributed by atoms with Crippen LogP contribution in [0.4, 0.5) is 0 Å². The van der Waals surface area contributed by atoms with Crippen LogP contribution in [-0.2, 0) is 37.9 Å². The summed E-state index contributed by atoms with van der Waals surface area (Å²) in [6, 6.07) is 0. The van der Waals surface area contributed by atoms with Gasteiger partial charge in [0, 0.05) is 21.3 Å². The fourth-order valence-corrected chi connectivity index (χ4v) is 5.70. The fourth-order valence-electron chi connectivity index (χ4n) is 5.70. The van der Waals surface area contributed by atoms with Crippen molar-refractivity contribution < 1.29 is 37.9 Å². The standard InChI is InChI=1S/C31H56O8/c1-6-8-9-10-11-12-13-14-15-29-26(35-22-32-3)20-21-31(39-29)28(37-24-34-5)19-18-27(36-23-33-4)30-17-16-25(7-2)38-30/h2,25-31H,6,8-24H2,1,3-5H3/t25-,26?,27+,28+,29+,30+,31+/m1/s1. The third-order valence-electron chi connectivity index (χ3n) is 7.85. The summed E-state index contributed by atoms with van der Waals surface area (Å²) < 4.78 is 46.6. The van der Waals surface area contributed by atoms with E-state index in [0.717, 1.165) is 51.4 Å². The highest BCUT2D eigenvalue weighted by atomic mass is 16.7. The lowest BCUT2D eigenvalue weighted by molar-refractivity contribution is -0.211. The van der Waals surface area contributed by atoms with Crippen molar-refractivity contribution in [3.63, 3.8) is 0 Å². The van der Waals surface area contributed by atoms with Gasteiger partial charge >= 0.3 is 0 Å². The normalized spacial score (nSPS) is 26.9. The minimum absolute atomic E-state index is 0.0303. The van der Waals surface area contributed by atoms with Gasteiger partial charge in [0.25, 0.3) is 0 Å². The smallest absolute Gasteiger partial charge is 0.146 e. The van der Waals surface area contributed by atoms with E-state index in [1.807, 2.05) is 0 Å². The highest BCUT2D eigenvalue weighted by Gasteiger charge is 2.38. The molecule has 1 unspecified atom stereocenters. The van der Waals surface area contributed by atoms with Gasteiger partial charge in [-0.1, -0.05) is 64.2 Å². The van der Waals surface area contributed by atoms with Gasteiger partial charge in [0.1, 0.15) is 26.5 Å². The van der Waals surface area contributed by atoms with E-state index in [4.69, 9.17) is 44.3 Å². The van der Waals surface area contributed by atoms with Crippen LogP contribution in [-0.4, -0.2) is 84.4 Å². The number of rotatable bonds is 23. The van der Waals surface area contributed by atoms with Crippen LogP contribution in [0.3, 0.4) is 0 Å². The second kappa shape index (κ2) is 21.9. The molecule has 0 bridgehead atoms. The van der Waals surface area contributed by atoms with Gasteiger partial charge in [-0.15, -0.1) is 6.42 Å². The lowest BCUT2D eigenvalue weighted by Crippen LogP contribution is -2.46. The lowest BCUT2D eigenvalue weighted by Gasteiger charge is -2.40. The molecule has 0 aliphatic carbocycles. The molecule has 2 saturated heterocycles. The van der Waals surface area contributed by atoms with Crippen LogP contribution in [0.15, 0.2) is 0 Å². The highest BCUT2D eigenvalue weighted by Crippen LogP contribution is 2.32. The molecule has 0 radical (unpaired) electrons. The van der Waals surface area contributed by atoms with E-state index in [2.05, 4.69) is 12.8 Å². The Morgan fingerprint density at radius 3 is 1.85 bits per heavy atom. The van der Waals surface area contributed by atoms with Gasteiger partial charge in [-0.05, 0) is 44.9 Å². The van der Waals surface area contributed by atoms with E-state index in [9.17, 15) is 0 Å². The van der Waals surface area contributed by atoms with E-state index in [0.29, 0.717) is 0 Å². The second-order valence-corrected chi connectivity index (χ2v) is 10.9. The van der Waals surface area contributed by atoms with Crippen LogP contribution in [0.1, 0.15) is 103 Å². The van der Waals surface area contributed by atoms with Crippen molar-refractivity contribution in [3.05, 3.63) is 0 Å². The quantitative estimate of drug-likeness (QED) is 0.0863. The predicted molar refractivity (Wildman–Crippen MR) is 151 cm³/mol. The zero-order valence-corrected chi connectivity index (χ0v) is 25.1. The Bertz CT molecular complexity index is 626. The monoisotopic (exact) mass is 556 g/mol. The molecule has 39 heavy (non-hydrogen) atoms. The maximum Gasteiger partial charge on any atom is 0.146 e. The number of methoxy groups -OCH3 is 3. The highest BCUT2D eigenvalue weighted by molar-refractivity contribution is 4.99.